The van der Waals surface area contributed by atoms with Crippen LogP contribution in [0.25, 0.3) is 0 Å². The van der Waals surface area contributed by atoms with E-state index in [0.717, 1.165) is 30.5 Å². The Morgan fingerprint density at radius 2 is 2.00 bits per heavy atom. The molecule has 1 aliphatic heterocycles. The van der Waals surface area contributed by atoms with E-state index in [1.807, 2.05) is 0 Å². The van der Waals surface area contributed by atoms with Crippen molar-refractivity contribution >= 4 is 27.0 Å². The molecule has 1 fully saturated rings. The minimum atomic E-state index is -2.90. The van der Waals surface area contributed by atoms with Crippen LogP contribution in [0, 0.1) is 0 Å². The molecule has 0 amide bonds. The second kappa shape index (κ2) is 4.90. The van der Waals surface area contributed by atoms with Crippen molar-refractivity contribution in [1.29, 1.82) is 0 Å². The quantitative estimate of drug-likeness (QED) is 0.741. The first kappa shape index (κ1) is 10.1. The molecule has 0 saturated carbocycles. The van der Waals surface area contributed by atoms with Crippen molar-refractivity contribution in [3.63, 3.8) is 0 Å². The topological polar surface area (TPSA) is 18.5 Å². The molecule has 0 aromatic carbocycles. The molecule has 0 radical (unpaired) electrons. The number of rotatable bonds is 3. The molecule has 4 heteroatoms. The molecule has 1 heterocycles. The monoisotopic (exact) mass is 286 g/mol. The average molecular weight is 285 g/mol. The average Bonchev–Trinajstić information content (AvgIpc) is 2.03. The zero-order valence-corrected chi connectivity index (χ0v) is 10.5. The zero-order valence-electron chi connectivity index (χ0n) is 6.94. The summed E-state index contributed by atoms with van der Waals surface area (Å²) in [6.45, 7) is 3.81. The molecule has 66 valence electrons. The molecular weight excluding hydrogens is 270 g/mol. The molecule has 0 aliphatic carbocycles. The van der Waals surface area contributed by atoms with Crippen molar-refractivity contribution in [3.8, 4) is 0 Å². The van der Waals surface area contributed by atoms with E-state index in [4.69, 9.17) is 15.1 Å². The van der Waals surface area contributed by atoms with E-state index in [-0.39, 0.29) is 0 Å². The molecule has 2 nitrogen and oxygen atoms in total. The fourth-order valence-corrected chi connectivity index (χ4v) is 8.85. The van der Waals surface area contributed by atoms with Gasteiger partial charge in [0.25, 0.3) is 0 Å². The van der Waals surface area contributed by atoms with E-state index in [2.05, 4.69) is 6.92 Å². The normalized spacial score (nSPS) is 23.5. The third kappa shape index (κ3) is 3.49. The molecule has 1 rings (SSSR count). The third-order valence-corrected chi connectivity index (χ3v) is 10.8. The third-order valence-electron chi connectivity index (χ3n) is 1.75. The number of unbranched alkanes of at least 4 members (excludes halogenated alkanes) is 1. The van der Waals surface area contributed by atoms with Crippen LogP contribution in [-0.2, 0) is 6.15 Å². The summed E-state index contributed by atoms with van der Waals surface area (Å²) in [5.74, 6) is 0. The van der Waals surface area contributed by atoms with Crippen molar-refractivity contribution in [1.82, 2.24) is 0 Å². The Morgan fingerprint density at radius 1 is 1.36 bits per heavy atom. The van der Waals surface area contributed by atoms with Crippen LogP contribution in [0.2, 0.25) is 4.44 Å². The van der Waals surface area contributed by atoms with Gasteiger partial charge in [0, 0.05) is 0 Å². The molecule has 0 atom stereocenters. The van der Waals surface area contributed by atoms with Gasteiger partial charge in [0.1, 0.15) is 0 Å². The van der Waals surface area contributed by atoms with Crippen LogP contribution in [0.1, 0.15) is 26.2 Å². The van der Waals surface area contributed by atoms with E-state index in [1.54, 1.807) is 0 Å². The summed E-state index contributed by atoms with van der Waals surface area (Å²) >= 11 is -2.90. The Kier molecular flexibility index (Phi) is 4.49. The number of hydrogen-bond donors (Lipinski definition) is 0. The summed E-state index contributed by atoms with van der Waals surface area (Å²) in [4.78, 5) is 0. The Bertz CT molecular complexity index is 115. The van der Waals surface area contributed by atoms with Gasteiger partial charge in [-0.05, 0) is 0 Å². The molecule has 0 spiro atoms. The van der Waals surface area contributed by atoms with E-state index >= 15 is 0 Å². The second-order valence-corrected chi connectivity index (χ2v) is 13.5. The predicted molar refractivity (Wildman–Crippen MR) is 47.8 cm³/mol. The summed E-state index contributed by atoms with van der Waals surface area (Å²) in [6.07, 6.45) is 3.34. The summed E-state index contributed by atoms with van der Waals surface area (Å²) in [7, 11) is 6.22. The fourth-order valence-electron chi connectivity index (χ4n) is 1.08. The molecule has 1 saturated heterocycles. The first-order valence-corrected chi connectivity index (χ1v) is 12.2. The van der Waals surface area contributed by atoms with Crippen LogP contribution < -0.4 is 0 Å². The van der Waals surface area contributed by atoms with Gasteiger partial charge < -0.3 is 0 Å². The molecule has 0 aromatic rings. The summed E-state index contributed by atoms with van der Waals surface area (Å²) in [6, 6.07) is 0. The molecule has 0 unspecified atom stereocenters. The second-order valence-electron chi connectivity index (χ2n) is 2.81. The molecule has 0 bridgehead atoms. The number of halogens is 1. The molecule has 11 heavy (non-hydrogen) atoms. The maximum absolute atomic E-state index is 6.22. The first-order chi connectivity index (χ1) is 5.27. The molecular formula is C7H15ClO2Sn. The summed E-state index contributed by atoms with van der Waals surface area (Å²) in [5.41, 5.74) is 0. The van der Waals surface area contributed by atoms with Crippen LogP contribution >= 0.6 is 8.92 Å². The van der Waals surface area contributed by atoms with Gasteiger partial charge in [-0.25, -0.2) is 0 Å². The van der Waals surface area contributed by atoms with Crippen molar-refractivity contribution in [2.75, 3.05) is 13.2 Å². The van der Waals surface area contributed by atoms with Crippen molar-refractivity contribution < 1.29 is 6.15 Å². The Morgan fingerprint density at radius 3 is 2.55 bits per heavy atom. The van der Waals surface area contributed by atoms with Gasteiger partial charge in [0.2, 0.25) is 0 Å². The molecule has 0 N–H and O–H groups in total. The summed E-state index contributed by atoms with van der Waals surface area (Å²) < 4.78 is 12.0. The van der Waals surface area contributed by atoms with Crippen LogP contribution in [0.4, 0.5) is 0 Å². The van der Waals surface area contributed by atoms with Crippen molar-refractivity contribution in [2.45, 2.75) is 30.6 Å². The molecule has 1 aliphatic rings. The van der Waals surface area contributed by atoms with E-state index in [0.29, 0.717) is 0 Å². The van der Waals surface area contributed by atoms with Crippen LogP contribution in [0.15, 0.2) is 0 Å². The SMILES string of the molecule is CCC[CH2][Sn]1([Cl])[O]CCC[O]1. The Hall–Kier alpha value is 1.01. The van der Waals surface area contributed by atoms with Gasteiger partial charge in [0.15, 0.2) is 0 Å². The standard InChI is InChI=1S/C4H9.C3H6O2.ClH.Sn/c1-3-4-2;4-2-1-3-5;;/h1,3-4H2,2H3;1-3H2;1H;/q;-2;;+3/p-1. The van der Waals surface area contributed by atoms with Crippen LogP contribution in [0.5, 0.6) is 0 Å². The minimum absolute atomic E-state index is 0.823. The fraction of sp³-hybridized carbons (Fsp3) is 1.00. The van der Waals surface area contributed by atoms with Crippen molar-refractivity contribution in [3.05, 3.63) is 0 Å². The first-order valence-electron chi connectivity index (χ1n) is 4.24. The summed E-state index contributed by atoms with van der Waals surface area (Å²) in [5, 5.41) is 0. The predicted octanol–water partition coefficient (Wildman–Crippen LogP) is 2.40. The van der Waals surface area contributed by atoms with E-state index in [9.17, 15) is 0 Å². The van der Waals surface area contributed by atoms with Gasteiger partial charge in [-0.3, -0.25) is 0 Å². The van der Waals surface area contributed by atoms with Gasteiger partial charge in [-0.1, -0.05) is 0 Å². The zero-order chi connectivity index (χ0) is 8.16. The maximum atomic E-state index is 6.22. The van der Waals surface area contributed by atoms with Gasteiger partial charge >= 0.3 is 77.0 Å². The van der Waals surface area contributed by atoms with E-state index in [1.165, 1.54) is 6.42 Å². The molecule has 0 aromatic heterocycles. The number of hydrogen-bond acceptors (Lipinski definition) is 2. The van der Waals surface area contributed by atoms with Gasteiger partial charge in [-0.15, -0.1) is 0 Å². The van der Waals surface area contributed by atoms with Crippen LogP contribution in [-0.4, -0.2) is 31.3 Å². The Labute approximate surface area is 76.9 Å². The van der Waals surface area contributed by atoms with Gasteiger partial charge in [-0.2, -0.15) is 0 Å². The van der Waals surface area contributed by atoms with Crippen LogP contribution in [0.3, 0.4) is 0 Å². The Balaban J connectivity index is 2.25. The van der Waals surface area contributed by atoms with Crippen molar-refractivity contribution in [2.24, 2.45) is 0 Å². The van der Waals surface area contributed by atoms with Gasteiger partial charge in [0.05, 0.1) is 0 Å². The van der Waals surface area contributed by atoms with E-state index < -0.39 is 18.1 Å².